The van der Waals surface area contributed by atoms with Crippen molar-refractivity contribution in [3.8, 4) is 11.9 Å². The zero-order chi connectivity index (χ0) is 12.3. The van der Waals surface area contributed by atoms with Crippen LogP contribution >= 0.6 is 0 Å². The highest BCUT2D eigenvalue weighted by Gasteiger charge is 2.33. The van der Waals surface area contributed by atoms with E-state index >= 15 is 0 Å². The quantitative estimate of drug-likeness (QED) is 0.773. The fourth-order valence-corrected chi connectivity index (χ4v) is 0.930. The highest BCUT2D eigenvalue weighted by atomic mass is 19.4. The molecule has 16 heavy (non-hydrogen) atoms. The lowest BCUT2D eigenvalue weighted by molar-refractivity contribution is -0.275. The average Bonchev–Trinajstić information content (AvgIpc) is 2.19. The van der Waals surface area contributed by atoms with E-state index < -0.39 is 23.5 Å². The molecule has 2 N–H and O–H groups in total. The average molecular weight is 231 g/mol. The number of nitrogens with zero attached hydrogens (tertiary/aromatic N) is 2. The van der Waals surface area contributed by atoms with Crippen molar-refractivity contribution < 1.29 is 22.7 Å². The van der Waals surface area contributed by atoms with E-state index in [0.29, 0.717) is 0 Å². The Labute approximate surface area is 87.3 Å². The van der Waals surface area contributed by atoms with Crippen molar-refractivity contribution in [2.45, 2.75) is 6.36 Å². The second-order valence-electron chi connectivity index (χ2n) is 2.58. The van der Waals surface area contributed by atoms with Crippen LogP contribution in [-0.4, -0.2) is 17.6 Å². The number of hydrogen-bond acceptors (Lipinski definition) is 5. The van der Waals surface area contributed by atoms with Gasteiger partial charge in [0.15, 0.2) is 6.29 Å². The first-order valence-electron chi connectivity index (χ1n) is 3.78. The van der Waals surface area contributed by atoms with Gasteiger partial charge in [-0.05, 0) is 0 Å². The summed E-state index contributed by atoms with van der Waals surface area (Å²) < 4.78 is 39.1. The van der Waals surface area contributed by atoms with Crippen LogP contribution in [0.4, 0.5) is 18.9 Å². The van der Waals surface area contributed by atoms with Crippen molar-refractivity contribution in [3.63, 3.8) is 0 Å². The summed E-state index contributed by atoms with van der Waals surface area (Å²) in [5.41, 5.74) is 3.99. The van der Waals surface area contributed by atoms with Gasteiger partial charge in [0.1, 0.15) is 11.8 Å². The number of rotatable bonds is 2. The molecule has 0 unspecified atom stereocenters. The Bertz CT molecular complexity index is 465. The van der Waals surface area contributed by atoms with E-state index in [9.17, 15) is 18.0 Å². The molecule has 0 atom stereocenters. The van der Waals surface area contributed by atoms with Crippen molar-refractivity contribution >= 4 is 12.0 Å². The fraction of sp³-hybridized carbons (Fsp3) is 0.125. The summed E-state index contributed by atoms with van der Waals surface area (Å²) in [6.45, 7) is 0. The molecule has 0 saturated heterocycles. The van der Waals surface area contributed by atoms with E-state index in [0.717, 1.165) is 6.20 Å². The van der Waals surface area contributed by atoms with Gasteiger partial charge in [-0.1, -0.05) is 0 Å². The number of aldehydes is 1. The molecule has 84 valence electrons. The number of alkyl halides is 3. The number of halogens is 3. The highest BCUT2D eigenvalue weighted by molar-refractivity contribution is 5.83. The molecule has 0 amide bonds. The molecule has 8 heteroatoms. The summed E-state index contributed by atoms with van der Waals surface area (Å²) in [5, 5.41) is 8.60. The van der Waals surface area contributed by atoms with E-state index in [1.54, 1.807) is 0 Å². The first-order chi connectivity index (χ1) is 7.39. The van der Waals surface area contributed by atoms with Gasteiger partial charge in [0.2, 0.25) is 5.88 Å². The number of pyridine rings is 1. The number of anilines is 1. The molecule has 0 aliphatic carbocycles. The molecule has 1 heterocycles. The Morgan fingerprint density at radius 3 is 2.62 bits per heavy atom. The lowest BCUT2D eigenvalue weighted by Crippen LogP contribution is -2.19. The summed E-state index contributed by atoms with van der Waals surface area (Å²) in [5.74, 6) is -0.949. The van der Waals surface area contributed by atoms with Crippen LogP contribution in [0.3, 0.4) is 0 Å². The molecule has 0 aliphatic rings. The van der Waals surface area contributed by atoms with Gasteiger partial charge in [-0.3, -0.25) is 4.79 Å². The van der Waals surface area contributed by atoms with Gasteiger partial charge in [-0.25, -0.2) is 4.98 Å². The summed E-state index contributed by atoms with van der Waals surface area (Å²) in [6, 6.07) is 1.50. The third kappa shape index (κ3) is 2.38. The molecule has 0 bridgehead atoms. The topological polar surface area (TPSA) is 89.0 Å². The van der Waals surface area contributed by atoms with Crippen LogP contribution in [0.25, 0.3) is 0 Å². The maximum absolute atomic E-state index is 11.9. The second kappa shape index (κ2) is 4.06. The van der Waals surface area contributed by atoms with Gasteiger partial charge in [-0.2, -0.15) is 5.26 Å². The molecule has 1 aromatic heterocycles. The summed E-state index contributed by atoms with van der Waals surface area (Å²) in [6.07, 6.45) is -3.92. The number of carbonyl (C=O) groups excluding carboxylic acids is 1. The monoisotopic (exact) mass is 231 g/mol. The smallest absolute Gasteiger partial charge is 0.393 e. The van der Waals surface area contributed by atoms with E-state index in [1.165, 1.54) is 6.07 Å². The second-order valence-corrected chi connectivity index (χ2v) is 2.58. The molecule has 5 nitrogen and oxygen atoms in total. The van der Waals surface area contributed by atoms with Crippen LogP contribution in [0.2, 0.25) is 0 Å². The molecule has 0 saturated carbocycles. The van der Waals surface area contributed by atoms with E-state index in [-0.39, 0.29) is 11.8 Å². The molecule has 0 aliphatic heterocycles. The maximum Gasteiger partial charge on any atom is 0.574 e. The summed E-state index contributed by atoms with van der Waals surface area (Å²) in [7, 11) is 0. The van der Waals surface area contributed by atoms with Crippen LogP contribution in [0.5, 0.6) is 5.88 Å². The third-order valence-corrected chi connectivity index (χ3v) is 1.56. The zero-order valence-electron chi connectivity index (χ0n) is 7.58. The van der Waals surface area contributed by atoms with E-state index in [1.807, 2.05) is 0 Å². The molecule has 0 aromatic carbocycles. The Morgan fingerprint density at radius 2 is 2.19 bits per heavy atom. The molecule has 1 rings (SSSR count). The predicted molar refractivity (Wildman–Crippen MR) is 45.4 cm³/mol. The van der Waals surface area contributed by atoms with Crippen molar-refractivity contribution in [3.05, 3.63) is 17.3 Å². The lowest BCUT2D eigenvalue weighted by atomic mass is 10.1. The maximum atomic E-state index is 11.9. The number of ether oxygens (including phenoxy) is 1. The minimum atomic E-state index is -4.96. The number of carbonyl (C=O) groups is 1. The molecule has 0 radical (unpaired) electrons. The molecule has 1 aromatic rings. The molecule has 0 fully saturated rings. The first-order valence-corrected chi connectivity index (χ1v) is 3.78. The number of nitrogen functional groups attached to an aromatic ring is 1. The third-order valence-electron chi connectivity index (χ3n) is 1.56. The highest BCUT2D eigenvalue weighted by Crippen LogP contribution is 2.29. The van der Waals surface area contributed by atoms with Gasteiger partial charge in [-0.15, -0.1) is 13.2 Å². The minimum Gasteiger partial charge on any atom is -0.393 e. The van der Waals surface area contributed by atoms with Gasteiger partial charge in [0.05, 0.1) is 11.1 Å². The number of nitrogens with two attached hydrogens (primary N) is 1. The van der Waals surface area contributed by atoms with E-state index in [4.69, 9.17) is 11.0 Å². The van der Waals surface area contributed by atoms with Gasteiger partial charge in [0.25, 0.3) is 0 Å². The summed E-state index contributed by atoms with van der Waals surface area (Å²) >= 11 is 0. The van der Waals surface area contributed by atoms with Crippen LogP contribution < -0.4 is 10.5 Å². The Kier molecular flexibility index (Phi) is 2.99. The molecular weight excluding hydrogens is 227 g/mol. The predicted octanol–water partition coefficient (Wildman–Crippen LogP) is 1.25. The molecular formula is C8H4F3N3O2. The zero-order valence-corrected chi connectivity index (χ0v) is 7.58. The SMILES string of the molecule is N#Cc1c(C=O)cnc(OC(F)(F)F)c1N. The van der Waals surface area contributed by atoms with Crippen LogP contribution in [0.1, 0.15) is 15.9 Å². The number of nitriles is 1. The first kappa shape index (κ1) is 11.8. The largest absolute Gasteiger partial charge is 0.574 e. The summed E-state index contributed by atoms with van der Waals surface area (Å²) in [4.78, 5) is 13.6. The van der Waals surface area contributed by atoms with Crippen molar-refractivity contribution in [1.29, 1.82) is 5.26 Å². The lowest BCUT2D eigenvalue weighted by Gasteiger charge is -2.10. The normalized spacial score (nSPS) is 10.6. The minimum absolute atomic E-state index is 0.200. The van der Waals surface area contributed by atoms with Crippen molar-refractivity contribution in [2.75, 3.05) is 5.73 Å². The Morgan fingerprint density at radius 1 is 1.56 bits per heavy atom. The van der Waals surface area contributed by atoms with E-state index in [2.05, 4.69) is 9.72 Å². The number of hydrogen-bond donors (Lipinski definition) is 1. The standard InChI is InChI=1S/C8H4F3N3O2/c9-8(10,11)16-7-6(13)5(1-12)4(3-15)2-14-7/h2-3H,13H2. The van der Waals surface area contributed by atoms with Gasteiger partial charge >= 0.3 is 6.36 Å². The van der Waals surface area contributed by atoms with Crippen LogP contribution in [-0.2, 0) is 0 Å². The Balaban J connectivity index is 3.26. The Hall–Kier alpha value is -2.30. The number of aromatic nitrogens is 1. The van der Waals surface area contributed by atoms with Crippen LogP contribution in [0.15, 0.2) is 6.20 Å². The van der Waals surface area contributed by atoms with Crippen molar-refractivity contribution in [2.24, 2.45) is 0 Å². The van der Waals surface area contributed by atoms with Gasteiger partial charge in [0, 0.05) is 6.20 Å². The molecule has 0 spiro atoms. The van der Waals surface area contributed by atoms with Crippen molar-refractivity contribution in [1.82, 2.24) is 4.98 Å². The fourth-order valence-electron chi connectivity index (χ4n) is 0.930. The van der Waals surface area contributed by atoms with Crippen LogP contribution in [0, 0.1) is 11.3 Å². The van der Waals surface area contributed by atoms with Gasteiger partial charge < -0.3 is 10.5 Å².